The first-order chi connectivity index (χ1) is 11.7. The average molecular weight is 331 g/mol. The molecule has 0 fully saturated rings. The highest BCUT2D eigenvalue weighted by molar-refractivity contribution is 5.82. The minimum absolute atomic E-state index is 0.0793. The topological polar surface area (TPSA) is 56.8 Å². The van der Waals surface area contributed by atoms with Crippen molar-refractivity contribution in [1.29, 1.82) is 0 Å². The number of benzene rings is 1. The summed E-state index contributed by atoms with van der Waals surface area (Å²) in [6.07, 6.45) is 4.62. The number of hydrogen-bond donors (Lipinski definition) is 1. The van der Waals surface area contributed by atoms with Gasteiger partial charge in [-0.1, -0.05) is 5.57 Å². The SMILES string of the molecule is COCC(=O)NCC1C2=C(CCCC2)c2cc(OC)c(OC)cc21. The van der Waals surface area contributed by atoms with Crippen molar-refractivity contribution in [3.8, 4) is 11.5 Å². The van der Waals surface area contributed by atoms with Crippen LogP contribution in [0.4, 0.5) is 0 Å². The number of fused-ring (bicyclic) bond motifs is 2. The second-order valence-electron chi connectivity index (χ2n) is 6.30. The Morgan fingerprint density at radius 2 is 1.83 bits per heavy atom. The molecule has 0 bridgehead atoms. The van der Waals surface area contributed by atoms with E-state index in [4.69, 9.17) is 14.2 Å². The van der Waals surface area contributed by atoms with Gasteiger partial charge in [-0.15, -0.1) is 0 Å². The van der Waals surface area contributed by atoms with Crippen LogP contribution in [0, 0.1) is 0 Å². The molecule has 1 unspecified atom stereocenters. The summed E-state index contributed by atoms with van der Waals surface area (Å²) in [4.78, 5) is 11.8. The van der Waals surface area contributed by atoms with E-state index in [9.17, 15) is 4.79 Å². The molecular formula is C19H25NO4. The molecule has 0 saturated heterocycles. The molecule has 1 aromatic carbocycles. The molecule has 0 aromatic heterocycles. The van der Waals surface area contributed by atoms with E-state index in [1.165, 1.54) is 42.2 Å². The van der Waals surface area contributed by atoms with Gasteiger partial charge in [0.05, 0.1) is 14.2 Å². The summed E-state index contributed by atoms with van der Waals surface area (Å²) in [7, 11) is 4.85. The van der Waals surface area contributed by atoms with Crippen LogP contribution in [0.15, 0.2) is 17.7 Å². The summed E-state index contributed by atoms with van der Waals surface area (Å²) in [6, 6.07) is 4.16. The van der Waals surface area contributed by atoms with Gasteiger partial charge in [0.15, 0.2) is 11.5 Å². The molecule has 24 heavy (non-hydrogen) atoms. The Morgan fingerprint density at radius 1 is 1.12 bits per heavy atom. The first-order valence-corrected chi connectivity index (χ1v) is 8.43. The third-order valence-corrected chi connectivity index (χ3v) is 4.97. The molecule has 2 aliphatic carbocycles. The van der Waals surface area contributed by atoms with E-state index in [1.807, 2.05) is 0 Å². The second-order valence-corrected chi connectivity index (χ2v) is 6.30. The molecule has 3 rings (SSSR count). The van der Waals surface area contributed by atoms with Gasteiger partial charge < -0.3 is 19.5 Å². The van der Waals surface area contributed by atoms with Crippen molar-refractivity contribution in [2.24, 2.45) is 0 Å². The van der Waals surface area contributed by atoms with Gasteiger partial charge in [-0.2, -0.15) is 0 Å². The highest BCUT2D eigenvalue weighted by atomic mass is 16.5. The smallest absolute Gasteiger partial charge is 0.246 e. The molecule has 0 heterocycles. The van der Waals surface area contributed by atoms with Crippen molar-refractivity contribution in [3.63, 3.8) is 0 Å². The van der Waals surface area contributed by atoms with E-state index >= 15 is 0 Å². The van der Waals surface area contributed by atoms with E-state index in [2.05, 4.69) is 17.4 Å². The lowest BCUT2D eigenvalue weighted by atomic mass is 9.87. The van der Waals surface area contributed by atoms with Crippen molar-refractivity contribution in [2.45, 2.75) is 31.6 Å². The van der Waals surface area contributed by atoms with Crippen LogP contribution < -0.4 is 14.8 Å². The number of carbonyl (C=O) groups is 1. The number of ether oxygens (including phenoxy) is 3. The van der Waals surface area contributed by atoms with Crippen molar-refractivity contribution < 1.29 is 19.0 Å². The number of allylic oxidation sites excluding steroid dienone is 1. The first kappa shape index (κ1) is 16.8. The van der Waals surface area contributed by atoms with Crippen LogP contribution in [0.5, 0.6) is 11.5 Å². The molecule has 0 aliphatic heterocycles. The van der Waals surface area contributed by atoms with Crippen LogP contribution in [0.1, 0.15) is 42.7 Å². The van der Waals surface area contributed by atoms with Gasteiger partial charge >= 0.3 is 0 Å². The minimum Gasteiger partial charge on any atom is -0.493 e. The number of hydrogen-bond acceptors (Lipinski definition) is 4. The van der Waals surface area contributed by atoms with Crippen molar-refractivity contribution in [2.75, 3.05) is 34.5 Å². The highest BCUT2D eigenvalue weighted by Crippen LogP contribution is 2.51. The Labute approximate surface area is 143 Å². The number of carbonyl (C=O) groups excluding carboxylic acids is 1. The van der Waals surface area contributed by atoms with Crippen molar-refractivity contribution >= 4 is 11.5 Å². The third-order valence-electron chi connectivity index (χ3n) is 4.97. The number of amides is 1. The summed E-state index contributed by atoms with van der Waals surface area (Å²) in [6.45, 7) is 0.695. The molecule has 5 heteroatoms. The fourth-order valence-corrected chi connectivity index (χ4v) is 3.88. The van der Waals surface area contributed by atoms with Crippen LogP contribution in [-0.2, 0) is 9.53 Å². The predicted molar refractivity (Wildman–Crippen MR) is 92.6 cm³/mol. The lowest BCUT2D eigenvalue weighted by Gasteiger charge is -2.20. The van der Waals surface area contributed by atoms with Gasteiger partial charge in [-0.05, 0) is 54.5 Å². The Hall–Kier alpha value is -2.01. The fraction of sp³-hybridized carbons (Fsp3) is 0.526. The van der Waals surface area contributed by atoms with E-state index < -0.39 is 0 Å². The van der Waals surface area contributed by atoms with Crippen LogP contribution in [0.3, 0.4) is 0 Å². The first-order valence-electron chi connectivity index (χ1n) is 8.43. The maximum Gasteiger partial charge on any atom is 0.246 e. The monoisotopic (exact) mass is 331 g/mol. The summed E-state index contributed by atoms with van der Waals surface area (Å²) in [5, 5.41) is 3.00. The predicted octanol–water partition coefficient (Wildman–Crippen LogP) is 2.89. The molecule has 0 saturated carbocycles. The van der Waals surface area contributed by atoms with E-state index in [0.29, 0.717) is 6.54 Å². The maximum absolute atomic E-state index is 11.8. The zero-order valence-corrected chi connectivity index (χ0v) is 14.6. The summed E-state index contributed by atoms with van der Waals surface area (Å²) >= 11 is 0. The lowest BCUT2D eigenvalue weighted by Crippen LogP contribution is -2.31. The van der Waals surface area contributed by atoms with Crippen molar-refractivity contribution in [3.05, 3.63) is 28.8 Å². The van der Waals surface area contributed by atoms with Gasteiger partial charge in [0, 0.05) is 19.6 Å². The van der Waals surface area contributed by atoms with E-state index in [0.717, 1.165) is 24.3 Å². The van der Waals surface area contributed by atoms with Crippen LogP contribution in [0.25, 0.3) is 5.57 Å². The van der Waals surface area contributed by atoms with Crippen molar-refractivity contribution in [1.82, 2.24) is 5.32 Å². The van der Waals surface area contributed by atoms with Gasteiger partial charge in [0.1, 0.15) is 6.61 Å². The van der Waals surface area contributed by atoms with E-state index in [1.54, 1.807) is 14.2 Å². The van der Waals surface area contributed by atoms with Crippen LogP contribution >= 0.6 is 0 Å². The van der Waals surface area contributed by atoms with Gasteiger partial charge in [0.2, 0.25) is 5.91 Å². The Balaban J connectivity index is 1.94. The lowest BCUT2D eigenvalue weighted by molar-refractivity contribution is -0.124. The number of nitrogens with one attached hydrogen (secondary N) is 1. The standard InChI is InChI=1S/C19H25NO4/c1-22-11-19(21)20-10-16-13-7-5-4-6-12(13)14-8-17(23-2)18(24-3)9-15(14)16/h8-9,16H,4-7,10-11H2,1-3H3,(H,20,21). The third kappa shape index (κ3) is 3.00. The Morgan fingerprint density at radius 3 is 2.54 bits per heavy atom. The molecular weight excluding hydrogens is 306 g/mol. The average Bonchev–Trinajstić information content (AvgIpc) is 2.92. The van der Waals surface area contributed by atoms with Crippen LogP contribution in [0.2, 0.25) is 0 Å². The zero-order chi connectivity index (χ0) is 17.1. The van der Waals surface area contributed by atoms with Gasteiger partial charge in [0.25, 0.3) is 0 Å². The summed E-state index contributed by atoms with van der Waals surface area (Å²) in [5.74, 6) is 1.64. The summed E-state index contributed by atoms with van der Waals surface area (Å²) < 4.78 is 15.9. The molecule has 1 atom stereocenters. The molecule has 1 amide bonds. The Kier molecular flexibility index (Phi) is 5.09. The molecule has 1 N–H and O–H groups in total. The summed E-state index contributed by atoms with van der Waals surface area (Å²) in [5.41, 5.74) is 5.39. The molecule has 0 spiro atoms. The maximum atomic E-state index is 11.8. The highest BCUT2D eigenvalue weighted by Gasteiger charge is 2.33. The Bertz CT molecular complexity index is 666. The van der Waals surface area contributed by atoms with Crippen LogP contribution in [-0.4, -0.2) is 40.4 Å². The zero-order valence-electron chi connectivity index (χ0n) is 14.6. The van der Waals surface area contributed by atoms with E-state index in [-0.39, 0.29) is 18.4 Å². The number of rotatable bonds is 6. The molecule has 2 aliphatic rings. The number of methoxy groups -OCH3 is 3. The molecule has 5 nitrogen and oxygen atoms in total. The quantitative estimate of drug-likeness (QED) is 0.871. The normalized spacial score (nSPS) is 18.9. The molecule has 130 valence electrons. The second kappa shape index (κ2) is 7.26. The van der Waals surface area contributed by atoms with Gasteiger partial charge in [-0.3, -0.25) is 4.79 Å². The molecule has 1 aromatic rings. The largest absolute Gasteiger partial charge is 0.493 e. The fourth-order valence-electron chi connectivity index (χ4n) is 3.88. The van der Waals surface area contributed by atoms with Gasteiger partial charge in [-0.25, -0.2) is 0 Å². The molecule has 0 radical (unpaired) electrons. The minimum atomic E-state index is -0.0793.